The first-order chi connectivity index (χ1) is 11.0. The van der Waals surface area contributed by atoms with Crippen molar-refractivity contribution in [2.24, 2.45) is 0 Å². The molecule has 23 heavy (non-hydrogen) atoms. The van der Waals surface area contributed by atoms with E-state index in [1.165, 1.54) is 4.31 Å². The summed E-state index contributed by atoms with van der Waals surface area (Å²) in [6, 6.07) is 5.04. The van der Waals surface area contributed by atoms with Crippen LogP contribution in [-0.4, -0.2) is 51.9 Å². The molecule has 3 rings (SSSR count). The van der Waals surface area contributed by atoms with Gasteiger partial charge in [0.1, 0.15) is 5.75 Å². The summed E-state index contributed by atoms with van der Waals surface area (Å²) in [5, 5.41) is 0. The zero-order valence-electron chi connectivity index (χ0n) is 13.6. The summed E-state index contributed by atoms with van der Waals surface area (Å²) in [6.07, 6.45) is 1.86. The van der Waals surface area contributed by atoms with Crippen molar-refractivity contribution in [3.8, 4) is 5.75 Å². The Morgan fingerprint density at radius 1 is 1.22 bits per heavy atom. The first-order valence-electron chi connectivity index (χ1n) is 7.96. The van der Waals surface area contributed by atoms with Crippen molar-refractivity contribution in [1.29, 1.82) is 0 Å². The van der Waals surface area contributed by atoms with E-state index in [0.29, 0.717) is 44.0 Å². The minimum atomic E-state index is -3.50. The van der Waals surface area contributed by atoms with Gasteiger partial charge in [0.05, 0.1) is 25.2 Å². The third-order valence-corrected chi connectivity index (χ3v) is 6.46. The first-order valence-corrected chi connectivity index (χ1v) is 9.40. The molecule has 0 aliphatic carbocycles. The van der Waals surface area contributed by atoms with Gasteiger partial charge in [-0.25, -0.2) is 8.42 Å². The number of hydrogen-bond acceptors (Lipinski definition) is 5. The van der Waals surface area contributed by atoms with Gasteiger partial charge < -0.3 is 14.2 Å². The molecule has 1 spiro atoms. The van der Waals surface area contributed by atoms with Crippen LogP contribution in [0.5, 0.6) is 5.75 Å². The molecule has 6 nitrogen and oxygen atoms in total. The molecule has 2 heterocycles. The summed E-state index contributed by atoms with van der Waals surface area (Å²) in [6.45, 7) is 3.98. The summed E-state index contributed by atoms with van der Waals surface area (Å²) in [4.78, 5) is 0.319. The van der Waals surface area contributed by atoms with Crippen LogP contribution in [0.3, 0.4) is 0 Å². The molecule has 0 atom stereocenters. The van der Waals surface area contributed by atoms with E-state index in [-0.39, 0.29) is 0 Å². The van der Waals surface area contributed by atoms with E-state index < -0.39 is 15.8 Å². The maximum Gasteiger partial charge on any atom is 0.243 e. The number of sulfonamides is 1. The largest absolute Gasteiger partial charge is 0.496 e. The zero-order chi connectivity index (χ0) is 16.5. The molecule has 0 N–H and O–H groups in total. The van der Waals surface area contributed by atoms with Gasteiger partial charge in [-0.15, -0.1) is 0 Å². The predicted molar refractivity (Wildman–Crippen MR) is 85.0 cm³/mol. The van der Waals surface area contributed by atoms with Crippen molar-refractivity contribution in [3.05, 3.63) is 23.8 Å². The molecule has 2 aliphatic rings. The molecular weight excluding hydrogens is 318 g/mol. The fraction of sp³-hybridized carbons (Fsp3) is 0.625. The lowest BCUT2D eigenvalue weighted by Gasteiger charge is -2.36. The Bertz CT molecular complexity index is 657. The quantitative estimate of drug-likeness (QED) is 0.835. The first kappa shape index (κ1) is 16.7. The fourth-order valence-corrected chi connectivity index (χ4v) is 4.69. The van der Waals surface area contributed by atoms with E-state index in [4.69, 9.17) is 14.2 Å². The van der Waals surface area contributed by atoms with Crippen molar-refractivity contribution < 1.29 is 22.6 Å². The van der Waals surface area contributed by atoms with Gasteiger partial charge in [0, 0.05) is 25.9 Å². The van der Waals surface area contributed by atoms with Crippen molar-refractivity contribution in [1.82, 2.24) is 4.31 Å². The Balaban J connectivity index is 1.79. The molecule has 2 fully saturated rings. The Kier molecular flexibility index (Phi) is 4.64. The molecule has 0 amide bonds. The lowest BCUT2D eigenvalue weighted by atomic mass is 10.1. The molecule has 1 aromatic carbocycles. The number of hydrogen-bond donors (Lipinski definition) is 0. The standard InChI is InChI=1S/C16H23NO5S/c1-3-13-12-14(4-5-15(13)20-2)23(18,19)17-8-6-16(7-9-17)21-10-11-22-16/h4-5,12H,3,6-11H2,1-2H3. The summed E-state index contributed by atoms with van der Waals surface area (Å²) in [5.41, 5.74) is 0.893. The van der Waals surface area contributed by atoms with Gasteiger partial charge >= 0.3 is 0 Å². The third kappa shape index (κ3) is 3.10. The van der Waals surface area contributed by atoms with Gasteiger partial charge in [-0.3, -0.25) is 0 Å². The predicted octanol–water partition coefficient (Wildman–Crippen LogP) is 1.79. The normalized spacial score (nSPS) is 21.7. The van der Waals surface area contributed by atoms with E-state index in [2.05, 4.69) is 0 Å². The summed E-state index contributed by atoms with van der Waals surface area (Å²) in [5.74, 6) is 0.150. The summed E-state index contributed by atoms with van der Waals surface area (Å²) < 4.78 is 43.8. The molecule has 2 aliphatic heterocycles. The van der Waals surface area contributed by atoms with Crippen molar-refractivity contribution in [3.63, 3.8) is 0 Å². The molecule has 0 unspecified atom stereocenters. The highest BCUT2D eigenvalue weighted by Crippen LogP contribution is 2.34. The molecule has 0 aromatic heterocycles. The number of piperidine rings is 1. The van der Waals surface area contributed by atoms with Crippen LogP contribution in [0.15, 0.2) is 23.1 Å². The van der Waals surface area contributed by atoms with Crippen molar-refractivity contribution in [2.45, 2.75) is 36.9 Å². The number of nitrogens with zero attached hydrogens (tertiary/aromatic N) is 1. The molecular formula is C16H23NO5S. The molecule has 0 bridgehead atoms. The highest BCUT2D eigenvalue weighted by molar-refractivity contribution is 7.89. The second-order valence-corrected chi connectivity index (χ2v) is 7.78. The lowest BCUT2D eigenvalue weighted by Crippen LogP contribution is -2.47. The highest BCUT2D eigenvalue weighted by Gasteiger charge is 2.42. The van der Waals surface area contributed by atoms with Crippen LogP contribution in [-0.2, 0) is 25.9 Å². The van der Waals surface area contributed by atoms with Crippen LogP contribution in [0, 0.1) is 0 Å². The third-order valence-electron chi connectivity index (χ3n) is 4.57. The number of benzene rings is 1. The zero-order valence-corrected chi connectivity index (χ0v) is 14.4. The van der Waals surface area contributed by atoms with Crippen LogP contribution < -0.4 is 4.74 Å². The SMILES string of the molecule is CCc1cc(S(=O)(=O)N2CCC3(CC2)OCCO3)ccc1OC. The van der Waals surface area contributed by atoms with E-state index in [1.54, 1.807) is 25.3 Å². The Labute approximate surface area is 137 Å². The molecule has 1 aromatic rings. The van der Waals surface area contributed by atoms with Crippen LogP contribution in [0.4, 0.5) is 0 Å². The monoisotopic (exact) mass is 341 g/mol. The number of rotatable bonds is 4. The number of aryl methyl sites for hydroxylation is 1. The Morgan fingerprint density at radius 2 is 1.87 bits per heavy atom. The van der Waals surface area contributed by atoms with Crippen LogP contribution >= 0.6 is 0 Å². The average molecular weight is 341 g/mol. The number of methoxy groups -OCH3 is 1. The summed E-state index contributed by atoms with van der Waals surface area (Å²) in [7, 11) is -1.91. The lowest BCUT2D eigenvalue weighted by molar-refractivity contribution is -0.179. The van der Waals surface area contributed by atoms with Crippen LogP contribution in [0.1, 0.15) is 25.3 Å². The van der Waals surface area contributed by atoms with Gasteiger partial charge in [0.2, 0.25) is 10.0 Å². The molecule has 7 heteroatoms. The van der Waals surface area contributed by atoms with Crippen LogP contribution in [0.25, 0.3) is 0 Å². The molecule has 128 valence electrons. The fourth-order valence-electron chi connectivity index (χ4n) is 3.19. The molecule has 0 radical (unpaired) electrons. The minimum Gasteiger partial charge on any atom is -0.496 e. The Hall–Kier alpha value is -1.15. The topological polar surface area (TPSA) is 65.1 Å². The highest BCUT2D eigenvalue weighted by atomic mass is 32.2. The summed E-state index contributed by atoms with van der Waals surface area (Å²) >= 11 is 0. The maximum absolute atomic E-state index is 12.9. The van der Waals surface area contributed by atoms with E-state index in [9.17, 15) is 8.42 Å². The minimum absolute atomic E-state index is 0.319. The van der Waals surface area contributed by atoms with Gasteiger partial charge in [0.15, 0.2) is 5.79 Å². The van der Waals surface area contributed by atoms with Gasteiger partial charge in [-0.2, -0.15) is 4.31 Å². The van der Waals surface area contributed by atoms with Gasteiger partial charge in [-0.05, 0) is 30.2 Å². The molecule has 2 saturated heterocycles. The smallest absolute Gasteiger partial charge is 0.243 e. The average Bonchev–Trinajstić information content (AvgIpc) is 3.02. The Morgan fingerprint density at radius 3 is 2.43 bits per heavy atom. The van der Waals surface area contributed by atoms with E-state index in [1.807, 2.05) is 6.92 Å². The van der Waals surface area contributed by atoms with E-state index in [0.717, 1.165) is 17.7 Å². The van der Waals surface area contributed by atoms with Gasteiger partial charge in [-0.1, -0.05) is 6.92 Å². The second-order valence-electron chi connectivity index (χ2n) is 5.84. The maximum atomic E-state index is 12.9. The van der Waals surface area contributed by atoms with E-state index >= 15 is 0 Å². The van der Waals surface area contributed by atoms with Crippen LogP contribution in [0.2, 0.25) is 0 Å². The van der Waals surface area contributed by atoms with Crippen molar-refractivity contribution in [2.75, 3.05) is 33.4 Å². The molecule has 0 saturated carbocycles. The van der Waals surface area contributed by atoms with Crippen molar-refractivity contribution >= 4 is 10.0 Å². The second kappa shape index (κ2) is 6.39. The number of ether oxygens (including phenoxy) is 3. The van der Waals surface area contributed by atoms with Gasteiger partial charge in [0.25, 0.3) is 0 Å².